The van der Waals surface area contributed by atoms with Gasteiger partial charge in [-0.05, 0) is 38.5 Å². The first kappa shape index (κ1) is 24.7. The molecule has 9 heteroatoms. The fraction of sp³-hybridized carbons (Fsp3) is 0.588. The molecular weight excluding hydrogens is 463 g/mol. The van der Waals surface area contributed by atoms with Crippen molar-refractivity contribution in [2.45, 2.75) is 39.9 Å². The second kappa shape index (κ2) is 12.2. The third-order valence-corrected chi connectivity index (χ3v) is 3.58. The second-order valence-electron chi connectivity index (χ2n) is 5.45. The topological polar surface area (TPSA) is 39.7 Å². The molecule has 4 nitrogen and oxygen atoms in total. The molecular formula is C17H27F4IN4. The van der Waals surface area contributed by atoms with E-state index in [1.165, 1.54) is 6.07 Å². The summed E-state index contributed by atoms with van der Waals surface area (Å²) < 4.78 is 50.8. The summed E-state index contributed by atoms with van der Waals surface area (Å²) in [6, 6.07) is 4.90. The Balaban J connectivity index is 0.00000625. The van der Waals surface area contributed by atoms with Gasteiger partial charge in [-0.3, -0.25) is 0 Å². The Labute approximate surface area is 169 Å². The van der Waals surface area contributed by atoms with Crippen LogP contribution in [0.4, 0.5) is 23.2 Å². The van der Waals surface area contributed by atoms with Crippen LogP contribution in [0, 0.1) is 5.82 Å². The maximum Gasteiger partial charge on any atom is 0.390 e. The first-order valence-corrected chi connectivity index (χ1v) is 8.43. The largest absolute Gasteiger partial charge is 0.390 e. The lowest BCUT2D eigenvalue weighted by Crippen LogP contribution is -2.38. The molecule has 0 amide bonds. The summed E-state index contributed by atoms with van der Waals surface area (Å²) in [7, 11) is 0. The molecule has 0 aromatic heterocycles. The molecule has 1 aromatic carbocycles. The highest BCUT2D eigenvalue weighted by molar-refractivity contribution is 14.0. The average molecular weight is 490 g/mol. The van der Waals surface area contributed by atoms with E-state index in [-0.39, 0.29) is 48.8 Å². The number of halogens is 5. The SMILES string of the molecule is CCNC(=NCc1ccc(N(CC)CC)c(F)c1)NCCC(F)(F)F.I. The van der Waals surface area contributed by atoms with E-state index in [4.69, 9.17) is 0 Å². The van der Waals surface area contributed by atoms with E-state index < -0.39 is 12.6 Å². The van der Waals surface area contributed by atoms with Gasteiger partial charge in [0, 0.05) is 26.2 Å². The van der Waals surface area contributed by atoms with Crippen LogP contribution >= 0.6 is 24.0 Å². The lowest BCUT2D eigenvalue weighted by atomic mass is 10.2. The zero-order valence-corrected chi connectivity index (χ0v) is 17.6. The number of anilines is 1. The Morgan fingerprint density at radius 2 is 1.77 bits per heavy atom. The van der Waals surface area contributed by atoms with Gasteiger partial charge in [-0.15, -0.1) is 24.0 Å². The van der Waals surface area contributed by atoms with Gasteiger partial charge < -0.3 is 15.5 Å². The molecule has 0 saturated heterocycles. The van der Waals surface area contributed by atoms with Crippen LogP contribution in [-0.2, 0) is 6.54 Å². The molecule has 0 aliphatic heterocycles. The smallest absolute Gasteiger partial charge is 0.370 e. The van der Waals surface area contributed by atoms with E-state index >= 15 is 0 Å². The molecule has 150 valence electrons. The normalized spacial score (nSPS) is 11.7. The van der Waals surface area contributed by atoms with Gasteiger partial charge >= 0.3 is 6.18 Å². The summed E-state index contributed by atoms with van der Waals surface area (Å²) in [5, 5.41) is 5.50. The molecule has 0 unspecified atom stereocenters. The molecule has 0 atom stereocenters. The molecule has 0 aliphatic rings. The lowest BCUT2D eigenvalue weighted by Gasteiger charge is -2.21. The van der Waals surface area contributed by atoms with Gasteiger partial charge in [-0.1, -0.05) is 6.07 Å². The van der Waals surface area contributed by atoms with Crippen molar-refractivity contribution in [3.63, 3.8) is 0 Å². The Morgan fingerprint density at radius 3 is 2.27 bits per heavy atom. The number of rotatable bonds is 8. The van der Waals surface area contributed by atoms with Crippen molar-refractivity contribution < 1.29 is 17.6 Å². The van der Waals surface area contributed by atoms with Crippen LogP contribution in [0.25, 0.3) is 0 Å². The van der Waals surface area contributed by atoms with Crippen molar-refractivity contribution in [1.82, 2.24) is 10.6 Å². The molecule has 0 heterocycles. The van der Waals surface area contributed by atoms with Crippen molar-refractivity contribution in [1.29, 1.82) is 0 Å². The predicted molar refractivity (Wildman–Crippen MR) is 109 cm³/mol. The Hall–Kier alpha value is -1.26. The minimum Gasteiger partial charge on any atom is -0.370 e. The van der Waals surface area contributed by atoms with E-state index in [2.05, 4.69) is 15.6 Å². The summed E-state index contributed by atoms with van der Waals surface area (Å²) in [5.41, 5.74) is 1.19. The van der Waals surface area contributed by atoms with Crippen molar-refractivity contribution in [3.05, 3.63) is 29.6 Å². The predicted octanol–water partition coefficient (Wildman–Crippen LogP) is 4.30. The Bertz CT molecular complexity index is 560. The van der Waals surface area contributed by atoms with Crippen molar-refractivity contribution in [2.75, 3.05) is 31.1 Å². The summed E-state index contributed by atoms with van der Waals surface area (Å²) in [5.74, 6) is -0.0496. The molecule has 0 radical (unpaired) electrons. The van der Waals surface area contributed by atoms with E-state index in [0.29, 0.717) is 30.9 Å². The number of benzene rings is 1. The summed E-state index contributed by atoms with van der Waals surface area (Å²) in [6.07, 6.45) is -5.15. The van der Waals surface area contributed by atoms with Crippen molar-refractivity contribution in [2.24, 2.45) is 4.99 Å². The molecule has 0 spiro atoms. The number of hydrogen-bond donors (Lipinski definition) is 2. The van der Waals surface area contributed by atoms with E-state index in [0.717, 1.165) is 0 Å². The van der Waals surface area contributed by atoms with Crippen LogP contribution < -0.4 is 15.5 Å². The number of alkyl halides is 3. The zero-order chi connectivity index (χ0) is 18.9. The molecule has 0 fully saturated rings. The fourth-order valence-corrected chi connectivity index (χ4v) is 2.30. The molecule has 26 heavy (non-hydrogen) atoms. The lowest BCUT2D eigenvalue weighted by molar-refractivity contribution is -0.132. The third kappa shape index (κ3) is 8.91. The number of nitrogens with one attached hydrogen (secondary N) is 2. The number of guanidine groups is 1. The van der Waals surface area contributed by atoms with Gasteiger partial charge in [-0.25, -0.2) is 9.38 Å². The first-order valence-electron chi connectivity index (χ1n) is 8.43. The molecule has 1 rings (SSSR count). The first-order chi connectivity index (χ1) is 11.8. The van der Waals surface area contributed by atoms with Crippen LogP contribution in [0.5, 0.6) is 0 Å². The minimum atomic E-state index is -4.21. The maximum absolute atomic E-state index is 14.2. The van der Waals surface area contributed by atoms with Crippen LogP contribution in [-0.4, -0.2) is 38.3 Å². The summed E-state index contributed by atoms with van der Waals surface area (Å²) in [4.78, 5) is 6.11. The quantitative estimate of drug-likeness (QED) is 0.247. The van der Waals surface area contributed by atoms with Gasteiger partial charge in [-0.2, -0.15) is 13.2 Å². The summed E-state index contributed by atoms with van der Waals surface area (Å²) in [6.45, 7) is 7.58. The van der Waals surface area contributed by atoms with E-state index in [1.807, 2.05) is 25.7 Å². The fourth-order valence-electron chi connectivity index (χ4n) is 2.30. The second-order valence-corrected chi connectivity index (χ2v) is 5.45. The van der Waals surface area contributed by atoms with Crippen LogP contribution in [0.2, 0.25) is 0 Å². The average Bonchev–Trinajstić information content (AvgIpc) is 2.54. The van der Waals surface area contributed by atoms with Gasteiger partial charge in [0.25, 0.3) is 0 Å². The monoisotopic (exact) mass is 490 g/mol. The van der Waals surface area contributed by atoms with Crippen molar-refractivity contribution >= 4 is 35.6 Å². The maximum atomic E-state index is 14.2. The van der Waals surface area contributed by atoms with Crippen LogP contribution in [0.1, 0.15) is 32.8 Å². The van der Waals surface area contributed by atoms with E-state index in [1.54, 1.807) is 12.1 Å². The van der Waals surface area contributed by atoms with Gasteiger partial charge in [0.2, 0.25) is 0 Å². The van der Waals surface area contributed by atoms with Gasteiger partial charge in [0.05, 0.1) is 18.7 Å². The standard InChI is InChI=1S/C17H26F4N4.HI/c1-4-22-16(23-10-9-17(19,20)21)24-12-13-7-8-15(14(18)11-13)25(5-2)6-3;/h7-8,11H,4-6,9-10,12H2,1-3H3,(H2,22,23,24);1H. The number of hydrogen-bond acceptors (Lipinski definition) is 2. The highest BCUT2D eigenvalue weighted by Crippen LogP contribution is 2.21. The Kier molecular flexibility index (Phi) is 11.6. The molecule has 2 N–H and O–H groups in total. The van der Waals surface area contributed by atoms with Gasteiger partial charge in [0.1, 0.15) is 5.82 Å². The number of nitrogens with zero attached hydrogens (tertiary/aromatic N) is 2. The summed E-state index contributed by atoms with van der Waals surface area (Å²) >= 11 is 0. The van der Waals surface area contributed by atoms with Crippen LogP contribution in [0.3, 0.4) is 0 Å². The number of aliphatic imine (C=N–C) groups is 1. The molecule has 0 bridgehead atoms. The van der Waals surface area contributed by atoms with Gasteiger partial charge in [0.15, 0.2) is 5.96 Å². The minimum absolute atomic E-state index is 0. The third-order valence-electron chi connectivity index (χ3n) is 3.58. The van der Waals surface area contributed by atoms with Crippen molar-refractivity contribution in [3.8, 4) is 0 Å². The molecule has 1 aromatic rings. The van der Waals surface area contributed by atoms with Crippen LogP contribution in [0.15, 0.2) is 23.2 Å². The van der Waals surface area contributed by atoms with E-state index in [9.17, 15) is 17.6 Å². The molecule has 0 saturated carbocycles. The zero-order valence-electron chi connectivity index (χ0n) is 15.3. The molecule has 0 aliphatic carbocycles. The highest BCUT2D eigenvalue weighted by atomic mass is 127. The highest BCUT2D eigenvalue weighted by Gasteiger charge is 2.26. The Morgan fingerprint density at radius 1 is 1.12 bits per heavy atom.